The molecule has 1 saturated heterocycles. The lowest BCUT2D eigenvalue weighted by Crippen LogP contribution is -2.64. The summed E-state index contributed by atoms with van der Waals surface area (Å²) in [5.41, 5.74) is -0.00796. The molecule has 8 heteroatoms. The number of carboxylic acid groups (broad SMARTS) is 1. The quantitative estimate of drug-likeness (QED) is 0.858. The van der Waals surface area contributed by atoms with Crippen molar-refractivity contribution in [3.63, 3.8) is 0 Å². The molecule has 8 nitrogen and oxygen atoms in total. The first-order valence-electron chi connectivity index (χ1n) is 7.95. The predicted molar refractivity (Wildman–Crippen MR) is 87.9 cm³/mol. The Labute approximate surface area is 144 Å². The number of nitrogens with zero attached hydrogens (tertiary/aromatic N) is 3. The van der Waals surface area contributed by atoms with Crippen LogP contribution in [0.4, 0.5) is 5.69 Å². The fourth-order valence-electron chi connectivity index (χ4n) is 3.49. The highest BCUT2D eigenvalue weighted by Gasteiger charge is 2.53. The minimum absolute atomic E-state index is 0.0983. The van der Waals surface area contributed by atoms with E-state index in [9.17, 15) is 19.2 Å². The molecule has 0 saturated carbocycles. The SMILES string of the molecule is CN(CC(=O)O)C(=O)CN1C(=O)c2ccccc2N2C(=O)CCC12C. The van der Waals surface area contributed by atoms with Gasteiger partial charge in [-0.1, -0.05) is 12.1 Å². The first-order valence-corrected chi connectivity index (χ1v) is 7.95. The average Bonchev–Trinajstić information content (AvgIpc) is 2.86. The number of carboxylic acids is 1. The molecule has 0 spiro atoms. The first kappa shape index (κ1) is 16.9. The lowest BCUT2D eigenvalue weighted by atomic mass is 9.98. The number of amides is 3. The number of hydrogen-bond acceptors (Lipinski definition) is 4. The molecule has 1 N–H and O–H groups in total. The Hall–Kier alpha value is -2.90. The molecule has 1 unspecified atom stereocenters. The van der Waals surface area contributed by atoms with Crippen molar-refractivity contribution in [2.45, 2.75) is 25.4 Å². The van der Waals surface area contributed by atoms with Crippen LogP contribution in [0.25, 0.3) is 0 Å². The zero-order valence-corrected chi connectivity index (χ0v) is 14.1. The molecule has 2 aliphatic rings. The summed E-state index contributed by atoms with van der Waals surface area (Å²) in [5.74, 6) is -2.05. The summed E-state index contributed by atoms with van der Waals surface area (Å²) >= 11 is 0. The minimum atomic E-state index is -1.13. The Bertz CT molecular complexity index is 777. The number of carbonyl (C=O) groups is 4. The third kappa shape index (κ3) is 2.63. The number of carbonyl (C=O) groups excluding carboxylic acids is 3. The molecule has 25 heavy (non-hydrogen) atoms. The normalized spacial score (nSPS) is 21.8. The lowest BCUT2D eigenvalue weighted by molar-refractivity contribution is -0.144. The van der Waals surface area contributed by atoms with E-state index in [0.717, 1.165) is 4.90 Å². The van der Waals surface area contributed by atoms with E-state index < -0.39 is 24.1 Å². The molecular formula is C17H19N3O5. The van der Waals surface area contributed by atoms with Crippen LogP contribution in [0.15, 0.2) is 24.3 Å². The minimum Gasteiger partial charge on any atom is -0.480 e. The fraction of sp³-hybridized carbons (Fsp3) is 0.412. The van der Waals surface area contributed by atoms with E-state index in [2.05, 4.69) is 0 Å². The van der Waals surface area contributed by atoms with Crippen LogP contribution in [0.5, 0.6) is 0 Å². The second-order valence-electron chi connectivity index (χ2n) is 6.50. The van der Waals surface area contributed by atoms with Crippen LogP contribution in [-0.2, 0) is 14.4 Å². The average molecular weight is 345 g/mol. The molecule has 1 fully saturated rings. The van der Waals surface area contributed by atoms with Crippen molar-refractivity contribution in [1.29, 1.82) is 0 Å². The van der Waals surface area contributed by atoms with E-state index in [1.54, 1.807) is 36.1 Å². The highest BCUT2D eigenvalue weighted by Crippen LogP contribution is 2.43. The van der Waals surface area contributed by atoms with Gasteiger partial charge >= 0.3 is 5.97 Å². The van der Waals surface area contributed by atoms with Crippen LogP contribution in [0, 0.1) is 0 Å². The molecule has 0 radical (unpaired) electrons. The third-order valence-corrected chi connectivity index (χ3v) is 4.84. The number of rotatable bonds is 4. The van der Waals surface area contributed by atoms with Crippen LogP contribution in [0.2, 0.25) is 0 Å². The second kappa shape index (κ2) is 5.87. The zero-order chi connectivity index (χ0) is 18.4. The Kier molecular flexibility index (Phi) is 3.98. The number of likely N-dealkylation sites (N-methyl/N-ethyl adjacent to an activating group) is 1. The number of benzene rings is 1. The fourth-order valence-corrected chi connectivity index (χ4v) is 3.49. The van der Waals surface area contributed by atoms with Crippen LogP contribution in [-0.4, -0.2) is 64.4 Å². The molecule has 0 aliphatic carbocycles. The van der Waals surface area contributed by atoms with E-state index in [1.165, 1.54) is 11.9 Å². The molecule has 0 bridgehead atoms. The molecule has 1 aromatic carbocycles. The maximum absolute atomic E-state index is 13.0. The van der Waals surface area contributed by atoms with Crippen LogP contribution >= 0.6 is 0 Å². The standard InChI is InChI=1S/C17H19N3O5/c1-17-8-7-13(21)20(17)12-6-4-3-5-11(12)16(25)19(17)9-14(22)18(2)10-15(23)24/h3-6H,7-10H2,1-2H3,(H,23,24). The summed E-state index contributed by atoms with van der Waals surface area (Å²) in [4.78, 5) is 52.5. The van der Waals surface area contributed by atoms with Crippen molar-refractivity contribution in [2.24, 2.45) is 0 Å². The van der Waals surface area contributed by atoms with E-state index in [4.69, 9.17) is 5.11 Å². The van der Waals surface area contributed by atoms with Gasteiger partial charge in [0.2, 0.25) is 11.8 Å². The molecule has 0 aromatic heterocycles. The predicted octanol–water partition coefficient (Wildman–Crippen LogP) is 0.528. The maximum Gasteiger partial charge on any atom is 0.323 e. The van der Waals surface area contributed by atoms with Gasteiger partial charge in [-0.15, -0.1) is 0 Å². The van der Waals surface area contributed by atoms with E-state index >= 15 is 0 Å². The van der Waals surface area contributed by atoms with Gasteiger partial charge in [-0.3, -0.25) is 24.1 Å². The highest BCUT2D eigenvalue weighted by atomic mass is 16.4. The van der Waals surface area contributed by atoms with Gasteiger partial charge in [0, 0.05) is 13.5 Å². The van der Waals surface area contributed by atoms with Crippen LogP contribution in [0.1, 0.15) is 30.1 Å². The molecule has 2 aliphatic heterocycles. The lowest BCUT2D eigenvalue weighted by Gasteiger charge is -2.48. The first-order chi connectivity index (χ1) is 11.8. The summed E-state index contributed by atoms with van der Waals surface area (Å²) in [6.07, 6.45) is 0.704. The monoisotopic (exact) mass is 345 g/mol. The Morgan fingerprint density at radius 3 is 2.64 bits per heavy atom. The summed E-state index contributed by atoms with van der Waals surface area (Å²) in [6.45, 7) is 1.03. The largest absolute Gasteiger partial charge is 0.480 e. The van der Waals surface area contributed by atoms with Crippen molar-refractivity contribution in [3.8, 4) is 0 Å². The molecule has 3 amide bonds. The van der Waals surface area contributed by atoms with Gasteiger partial charge in [0.1, 0.15) is 18.8 Å². The van der Waals surface area contributed by atoms with Crippen molar-refractivity contribution in [3.05, 3.63) is 29.8 Å². The van der Waals surface area contributed by atoms with Gasteiger partial charge in [0.15, 0.2) is 0 Å². The van der Waals surface area contributed by atoms with Crippen LogP contribution in [0.3, 0.4) is 0 Å². The summed E-state index contributed by atoms with van der Waals surface area (Å²) in [6, 6.07) is 6.82. The second-order valence-corrected chi connectivity index (χ2v) is 6.50. The number of aliphatic carboxylic acids is 1. The Morgan fingerprint density at radius 2 is 1.96 bits per heavy atom. The van der Waals surface area contributed by atoms with Crippen molar-refractivity contribution in [1.82, 2.24) is 9.80 Å². The van der Waals surface area contributed by atoms with Gasteiger partial charge in [0.05, 0.1) is 11.3 Å². The molecular weight excluding hydrogens is 326 g/mol. The van der Waals surface area contributed by atoms with Gasteiger partial charge < -0.3 is 14.9 Å². The molecule has 132 valence electrons. The number of para-hydroxylation sites is 1. The maximum atomic E-state index is 13.0. The number of hydrogen-bond donors (Lipinski definition) is 1. The van der Waals surface area contributed by atoms with Gasteiger partial charge in [-0.25, -0.2) is 0 Å². The Morgan fingerprint density at radius 1 is 1.28 bits per heavy atom. The summed E-state index contributed by atoms with van der Waals surface area (Å²) < 4.78 is 0. The molecule has 1 atom stereocenters. The van der Waals surface area contributed by atoms with Crippen molar-refractivity contribution in [2.75, 3.05) is 25.0 Å². The smallest absolute Gasteiger partial charge is 0.323 e. The van der Waals surface area contributed by atoms with Gasteiger partial charge in [0.25, 0.3) is 5.91 Å². The Balaban J connectivity index is 1.97. The topological polar surface area (TPSA) is 98.2 Å². The summed E-state index contributed by atoms with van der Waals surface area (Å²) in [7, 11) is 1.37. The summed E-state index contributed by atoms with van der Waals surface area (Å²) in [5, 5.41) is 8.83. The molecule has 3 rings (SSSR count). The van der Waals surface area contributed by atoms with Gasteiger partial charge in [-0.2, -0.15) is 0 Å². The van der Waals surface area contributed by atoms with E-state index in [0.29, 0.717) is 17.7 Å². The van der Waals surface area contributed by atoms with Gasteiger partial charge in [-0.05, 0) is 25.5 Å². The number of fused-ring (bicyclic) bond motifs is 3. The zero-order valence-electron chi connectivity index (χ0n) is 14.1. The van der Waals surface area contributed by atoms with Crippen LogP contribution < -0.4 is 4.90 Å². The van der Waals surface area contributed by atoms with E-state index in [-0.39, 0.29) is 24.8 Å². The van der Waals surface area contributed by atoms with Crippen molar-refractivity contribution < 1.29 is 24.3 Å². The van der Waals surface area contributed by atoms with E-state index in [1.807, 2.05) is 0 Å². The van der Waals surface area contributed by atoms with Crippen molar-refractivity contribution >= 4 is 29.4 Å². The highest BCUT2D eigenvalue weighted by molar-refractivity contribution is 6.11. The molecule has 1 aromatic rings. The number of anilines is 1. The molecule has 2 heterocycles. The third-order valence-electron chi connectivity index (χ3n) is 4.84.